The second-order valence-electron chi connectivity index (χ2n) is 6.08. The Balaban J connectivity index is 1.78. The van der Waals surface area contributed by atoms with Crippen molar-refractivity contribution < 1.29 is 13.9 Å². The number of amides is 1. The van der Waals surface area contributed by atoms with Gasteiger partial charge in [0, 0.05) is 36.6 Å². The molecule has 124 valence electrons. The summed E-state index contributed by atoms with van der Waals surface area (Å²) in [5.74, 6) is 0.224. The number of hydrogen-bond acceptors (Lipinski definition) is 5. The fourth-order valence-electron chi connectivity index (χ4n) is 2.80. The Labute approximate surface area is 135 Å². The van der Waals surface area contributed by atoms with Crippen LogP contribution in [0.1, 0.15) is 16.1 Å². The fraction of sp³-hybridized carbons (Fsp3) is 0.471. The Hall–Kier alpha value is -1.89. The normalized spacial score (nSPS) is 18.5. The number of rotatable bonds is 5. The number of para-hydroxylation sites is 1. The molecule has 1 fully saturated rings. The van der Waals surface area contributed by atoms with Crippen molar-refractivity contribution in [3.05, 3.63) is 35.6 Å². The molecule has 23 heavy (non-hydrogen) atoms. The molecule has 0 spiro atoms. The number of nitrogens with zero attached hydrogens (tertiary/aromatic N) is 1. The van der Waals surface area contributed by atoms with Gasteiger partial charge in [-0.05, 0) is 20.2 Å². The quantitative estimate of drug-likeness (QED) is 0.868. The molecule has 0 radical (unpaired) electrons. The third-order valence-corrected chi connectivity index (χ3v) is 3.89. The van der Waals surface area contributed by atoms with Crippen molar-refractivity contribution in [3.8, 4) is 0 Å². The molecule has 1 atom stereocenters. The molecular weight excluding hydrogens is 294 g/mol. The number of fused-ring (bicyclic) bond motifs is 1. The third-order valence-electron chi connectivity index (χ3n) is 3.89. The van der Waals surface area contributed by atoms with Crippen LogP contribution in [0.3, 0.4) is 0 Å². The van der Waals surface area contributed by atoms with Crippen molar-refractivity contribution in [1.29, 1.82) is 0 Å². The molecule has 1 aromatic carbocycles. The van der Waals surface area contributed by atoms with Crippen LogP contribution in [0.25, 0.3) is 11.0 Å². The monoisotopic (exact) mass is 317 g/mol. The van der Waals surface area contributed by atoms with Gasteiger partial charge < -0.3 is 24.7 Å². The molecule has 1 aliphatic heterocycles. The topological polar surface area (TPSA) is 66.7 Å². The van der Waals surface area contributed by atoms with E-state index in [1.54, 1.807) is 0 Å². The fourth-order valence-corrected chi connectivity index (χ4v) is 2.80. The van der Waals surface area contributed by atoms with Gasteiger partial charge in [-0.1, -0.05) is 18.2 Å². The molecule has 2 N–H and O–H groups in total. The van der Waals surface area contributed by atoms with Crippen LogP contribution in [-0.2, 0) is 11.3 Å². The second-order valence-corrected chi connectivity index (χ2v) is 6.08. The zero-order chi connectivity index (χ0) is 16.2. The van der Waals surface area contributed by atoms with Gasteiger partial charge in [0.25, 0.3) is 5.91 Å². The van der Waals surface area contributed by atoms with Crippen molar-refractivity contribution in [2.45, 2.75) is 12.6 Å². The lowest BCUT2D eigenvalue weighted by Gasteiger charge is -2.23. The Bertz CT molecular complexity index is 675. The number of morpholine rings is 1. The highest BCUT2D eigenvalue weighted by Crippen LogP contribution is 2.26. The summed E-state index contributed by atoms with van der Waals surface area (Å²) >= 11 is 0. The highest BCUT2D eigenvalue weighted by Gasteiger charge is 2.22. The Morgan fingerprint density at radius 3 is 2.96 bits per heavy atom. The SMILES string of the molecule is CN(C)Cc1c(C(=O)NCC2COCCN2)oc2ccccc12. The van der Waals surface area contributed by atoms with E-state index < -0.39 is 0 Å². The van der Waals surface area contributed by atoms with E-state index in [1.807, 2.05) is 43.3 Å². The molecular formula is C17H23N3O3. The minimum absolute atomic E-state index is 0.148. The van der Waals surface area contributed by atoms with E-state index in [2.05, 4.69) is 10.6 Å². The van der Waals surface area contributed by atoms with E-state index in [0.717, 1.165) is 29.7 Å². The summed E-state index contributed by atoms with van der Waals surface area (Å²) in [6.07, 6.45) is 0. The van der Waals surface area contributed by atoms with Gasteiger partial charge in [-0.25, -0.2) is 0 Å². The van der Waals surface area contributed by atoms with Crippen LogP contribution in [-0.4, -0.2) is 57.2 Å². The number of furan rings is 1. The van der Waals surface area contributed by atoms with Gasteiger partial charge in [0.1, 0.15) is 5.58 Å². The number of ether oxygens (including phenoxy) is 1. The van der Waals surface area contributed by atoms with Crippen molar-refractivity contribution in [2.75, 3.05) is 40.4 Å². The van der Waals surface area contributed by atoms with Crippen molar-refractivity contribution >= 4 is 16.9 Å². The van der Waals surface area contributed by atoms with Crippen LogP contribution in [0.5, 0.6) is 0 Å². The lowest BCUT2D eigenvalue weighted by molar-refractivity contribution is 0.0728. The maximum absolute atomic E-state index is 12.6. The molecule has 6 heteroatoms. The first kappa shape index (κ1) is 16.0. The predicted molar refractivity (Wildman–Crippen MR) is 88.5 cm³/mol. The van der Waals surface area contributed by atoms with Crippen LogP contribution in [0, 0.1) is 0 Å². The summed E-state index contributed by atoms with van der Waals surface area (Å²) < 4.78 is 11.2. The highest BCUT2D eigenvalue weighted by atomic mass is 16.5. The maximum Gasteiger partial charge on any atom is 0.287 e. The van der Waals surface area contributed by atoms with Crippen LogP contribution in [0.15, 0.2) is 28.7 Å². The average Bonchev–Trinajstić information content (AvgIpc) is 2.92. The molecule has 1 aliphatic rings. The van der Waals surface area contributed by atoms with Gasteiger partial charge in [0.05, 0.1) is 13.2 Å². The van der Waals surface area contributed by atoms with Gasteiger partial charge in [-0.2, -0.15) is 0 Å². The molecule has 2 heterocycles. The Kier molecular flexibility index (Phi) is 4.95. The predicted octanol–water partition coefficient (Wildman–Crippen LogP) is 1.21. The van der Waals surface area contributed by atoms with E-state index in [4.69, 9.17) is 9.15 Å². The van der Waals surface area contributed by atoms with E-state index >= 15 is 0 Å². The molecule has 2 aromatic rings. The van der Waals surface area contributed by atoms with E-state index in [9.17, 15) is 4.79 Å². The number of nitrogens with one attached hydrogen (secondary N) is 2. The molecule has 3 rings (SSSR count). The number of hydrogen-bond donors (Lipinski definition) is 2. The number of carbonyl (C=O) groups is 1. The first-order chi connectivity index (χ1) is 11.1. The number of benzene rings is 1. The van der Waals surface area contributed by atoms with Gasteiger partial charge in [-0.3, -0.25) is 4.79 Å². The summed E-state index contributed by atoms with van der Waals surface area (Å²) in [6, 6.07) is 7.90. The summed E-state index contributed by atoms with van der Waals surface area (Å²) in [4.78, 5) is 14.6. The zero-order valence-corrected chi connectivity index (χ0v) is 13.6. The summed E-state index contributed by atoms with van der Waals surface area (Å²) in [6.45, 7) is 3.34. The minimum Gasteiger partial charge on any atom is -0.451 e. The smallest absolute Gasteiger partial charge is 0.287 e. The lowest BCUT2D eigenvalue weighted by atomic mass is 10.1. The molecule has 0 aliphatic carbocycles. The number of carbonyl (C=O) groups excluding carboxylic acids is 1. The molecule has 0 saturated carbocycles. The van der Waals surface area contributed by atoms with Crippen LogP contribution in [0.4, 0.5) is 0 Å². The van der Waals surface area contributed by atoms with Gasteiger partial charge in [0.15, 0.2) is 5.76 Å². The van der Waals surface area contributed by atoms with E-state index in [-0.39, 0.29) is 11.9 Å². The van der Waals surface area contributed by atoms with E-state index in [1.165, 1.54) is 0 Å². The van der Waals surface area contributed by atoms with Gasteiger partial charge in [-0.15, -0.1) is 0 Å². The first-order valence-corrected chi connectivity index (χ1v) is 7.89. The largest absolute Gasteiger partial charge is 0.451 e. The van der Waals surface area contributed by atoms with Gasteiger partial charge in [0.2, 0.25) is 0 Å². The first-order valence-electron chi connectivity index (χ1n) is 7.89. The Morgan fingerprint density at radius 2 is 2.22 bits per heavy atom. The summed E-state index contributed by atoms with van der Waals surface area (Å²) in [5.41, 5.74) is 1.67. The van der Waals surface area contributed by atoms with Crippen LogP contribution < -0.4 is 10.6 Å². The Morgan fingerprint density at radius 1 is 1.39 bits per heavy atom. The molecule has 1 unspecified atom stereocenters. The highest BCUT2D eigenvalue weighted by molar-refractivity contribution is 5.99. The van der Waals surface area contributed by atoms with Crippen molar-refractivity contribution in [2.24, 2.45) is 0 Å². The standard InChI is InChI=1S/C17H23N3O3/c1-20(2)10-14-13-5-3-4-6-15(13)23-16(14)17(21)19-9-12-11-22-8-7-18-12/h3-6,12,18H,7-11H2,1-2H3,(H,19,21). The average molecular weight is 317 g/mol. The summed E-state index contributed by atoms with van der Waals surface area (Å²) in [7, 11) is 3.96. The van der Waals surface area contributed by atoms with Crippen molar-refractivity contribution in [3.63, 3.8) is 0 Å². The molecule has 1 aromatic heterocycles. The second kappa shape index (κ2) is 7.12. The van der Waals surface area contributed by atoms with E-state index in [0.29, 0.717) is 25.5 Å². The van der Waals surface area contributed by atoms with Crippen LogP contribution >= 0.6 is 0 Å². The van der Waals surface area contributed by atoms with Crippen LogP contribution in [0.2, 0.25) is 0 Å². The molecule has 1 amide bonds. The van der Waals surface area contributed by atoms with Gasteiger partial charge >= 0.3 is 0 Å². The maximum atomic E-state index is 12.6. The summed E-state index contributed by atoms with van der Waals surface area (Å²) in [5, 5.41) is 7.26. The molecule has 0 bridgehead atoms. The molecule has 6 nitrogen and oxygen atoms in total. The lowest BCUT2D eigenvalue weighted by Crippen LogP contribution is -2.48. The third kappa shape index (κ3) is 3.72. The molecule has 1 saturated heterocycles. The van der Waals surface area contributed by atoms with Crippen molar-refractivity contribution in [1.82, 2.24) is 15.5 Å². The zero-order valence-electron chi connectivity index (χ0n) is 13.6. The minimum atomic E-state index is -0.176.